The van der Waals surface area contributed by atoms with Crippen LogP contribution in [-0.2, 0) is 26.3 Å². The normalized spacial score (nSPS) is 23.0. The van der Waals surface area contributed by atoms with Gasteiger partial charge in [0.05, 0.1) is 18.2 Å². The molecule has 1 aromatic carbocycles. The Hall–Kier alpha value is -3.61. The predicted octanol–water partition coefficient (Wildman–Crippen LogP) is 4.72. The number of hydrogen-bond donors (Lipinski definition) is 2. The molecule has 11 nitrogen and oxygen atoms in total. The maximum absolute atomic E-state index is 13.7. The summed E-state index contributed by atoms with van der Waals surface area (Å²) in [5.74, 6) is 0.736. The number of carbonyl (C=O) groups is 2. The van der Waals surface area contributed by atoms with Gasteiger partial charge in [-0.05, 0) is 78.4 Å². The van der Waals surface area contributed by atoms with Crippen LogP contribution < -0.4 is 14.8 Å². The minimum Gasteiger partial charge on any atom is -0.496 e. The Bertz CT molecular complexity index is 1830. The lowest BCUT2D eigenvalue weighted by atomic mass is 9.81. The average molecular weight is 678 g/mol. The van der Waals surface area contributed by atoms with Gasteiger partial charge in [0, 0.05) is 70.5 Å². The van der Waals surface area contributed by atoms with E-state index >= 15 is 0 Å². The van der Waals surface area contributed by atoms with Gasteiger partial charge >= 0.3 is 16.2 Å². The number of amides is 3. The van der Waals surface area contributed by atoms with Crippen LogP contribution in [0.15, 0.2) is 52.6 Å². The average Bonchev–Trinajstić information content (AvgIpc) is 3.71. The molecule has 48 heavy (non-hydrogen) atoms. The summed E-state index contributed by atoms with van der Waals surface area (Å²) in [5.41, 5.74) is 6.44. The quantitative estimate of drug-likeness (QED) is 0.417. The van der Waals surface area contributed by atoms with Crippen molar-refractivity contribution in [3.8, 4) is 5.75 Å². The number of allylic oxidation sites excluding steroid dienone is 2. The van der Waals surface area contributed by atoms with Gasteiger partial charge in [-0.1, -0.05) is 37.5 Å². The fourth-order valence-corrected chi connectivity index (χ4v) is 8.85. The van der Waals surface area contributed by atoms with E-state index in [1.807, 2.05) is 7.05 Å². The second-order valence-corrected chi connectivity index (χ2v) is 16.0. The molecule has 0 spiro atoms. The van der Waals surface area contributed by atoms with E-state index in [4.69, 9.17) is 9.47 Å². The van der Waals surface area contributed by atoms with Crippen molar-refractivity contribution >= 4 is 33.1 Å². The molecule has 3 amide bonds. The zero-order chi connectivity index (χ0) is 33.7. The molecule has 258 valence electrons. The van der Waals surface area contributed by atoms with Gasteiger partial charge < -0.3 is 24.3 Å². The molecule has 3 aliphatic carbocycles. The third-order valence-corrected chi connectivity index (χ3v) is 12.3. The van der Waals surface area contributed by atoms with Crippen molar-refractivity contribution in [1.82, 2.24) is 23.8 Å². The first-order chi connectivity index (χ1) is 23.1. The van der Waals surface area contributed by atoms with Crippen LogP contribution >= 0.6 is 0 Å². The van der Waals surface area contributed by atoms with E-state index in [2.05, 4.69) is 45.0 Å². The van der Waals surface area contributed by atoms with E-state index in [1.165, 1.54) is 38.9 Å². The van der Waals surface area contributed by atoms with E-state index in [9.17, 15) is 18.0 Å². The van der Waals surface area contributed by atoms with E-state index in [-0.39, 0.29) is 18.0 Å². The van der Waals surface area contributed by atoms with Gasteiger partial charge in [0.15, 0.2) is 0 Å². The number of methoxy groups -OCH3 is 1. The third kappa shape index (κ3) is 5.96. The summed E-state index contributed by atoms with van der Waals surface area (Å²) in [6, 6.07) is 6.09. The molecule has 3 heterocycles. The topological polar surface area (TPSA) is 122 Å². The molecule has 1 saturated carbocycles. The molecule has 2 N–H and O–H groups in total. The fraction of sp³-hybridized carbons (Fsp3) is 0.556. The maximum Gasteiger partial charge on any atom is 0.317 e. The highest BCUT2D eigenvalue weighted by atomic mass is 32.2. The molecule has 2 aliphatic heterocycles. The van der Waals surface area contributed by atoms with Crippen LogP contribution in [0.3, 0.4) is 0 Å². The van der Waals surface area contributed by atoms with Gasteiger partial charge in [-0.15, -0.1) is 0 Å². The van der Waals surface area contributed by atoms with Crippen molar-refractivity contribution in [2.45, 2.75) is 75.8 Å². The van der Waals surface area contributed by atoms with Crippen molar-refractivity contribution in [2.75, 3.05) is 48.0 Å². The van der Waals surface area contributed by atoms with Gasteiger partial charge in [-0.25, -0.2) is 9.52 Å². The van der Waals surface area contributed by atoms with Gasteiger partial charge in [0.2, 0.25) is 0 Å². The lowest BCUT2D eigenvalue weighted by Gasteiger charge is -2.34. The van der Waals surface area contributed by atoms with Crippen molar-refractivity contribution in [2.24, 2.45) is 5.92 Å². The minimum absolute atomic E-state index is 0.127. The highest BCUT2D eigenvalue weighted by molar-refractivity contribution is 7.87. The Morgan fingerprint density at radius 1 is 1.06 bits per heavy atom. The lowest BCUT2D eigenvalue weighted by molar-refractivity contribution is -0.115. The minimum atomic E-state index is -3.98. The summed E-state index contributed by atoms with van der Waals surface area (Å²) in [6.07, 6.45) is 12.5. The summed E-state index contributed by atoms with van der Waals surface area (Å²) in [5, 5.41) is 4.39. The Balaban J connectivity index is 1.32. The molecule has 1 saturated heterocycles. The number of nitrogens with zero attached hydrogens (tertiary/aromatic N) is 3. The molecular formula is C36H47N5O6S. The highest BCUT2D eigenvalue weighted by Crippen LogP contribution is 2.54. The molecule has 2 atom stereocenters. The Kier molecular flexibility index (Phi) is 8.93. The predicted molar refractivity (Wildman–Crippen MR) is 184 cm³/mol. The van der Waals surface area contributed by atoms with Crippen molar-refractivity contribution in [3.05, 3.63) is 63.9 Å². The molecule has 0 radical (unpaired) electrons. The van der Waals surface area contributed by atoms with Crippen LogP contribution in [-0.4, -0.2) is 88.2 Å². The number of rotatable bonds is 8. The fourth-order valence-electron chi connectivity index (χ4n) is 8.33. The van der Waals surface area contributed by atoms with Gasteiger partial charge in [-0.3, -0.25) is 4.79 Å². The van der Waals surface area contributed by atoms with Crippen molar-refractivity contribution in [1.29, 1.82) is 0 Å². The van der Waals surface area contributed by atoms with Crippen molar-refractivity contribution in [3.63, 3.8) is 0 Å². The summed E-state index contributed by atoms with van der Waals surface area (Å²) in [4.78, 5) is 29.1. The summed E-state index contributed by atoms with van der Waals surface area (Å²) in [6.45, 7) is 2.55. The number of hydrogen-bond acceptors (Lipinski definition) is 6. The van der Waals surface area contributed by atoms with Crippen LogP contribution in [0.1, 0.15) is 74.5 Å². The Morgan fingerprint density at radius 2 is 1.81 bits per heavy atom. The first-order valence-electron chi connectivity index (χ1n) is 17.3. The molecule has 5 aliphatic rings. The summed E-state index contributed by atoms with van der Waals surface area (Å²) >= 11 is 0. The van der Waals surface area contributed by atoms with Gasteiger partial charge in [-0.2, -0.15) is 12.7 Å². The third-order valence-electron chi connectivity index (χ3n) is 10.9. The zero-order valence-corrected chi connectivity index (χ0v) is 29.2. The SMILES string of the molecule is COc1ccc(C2CCCCC2)c2c1cc1n2CC2=C(C(=O)NS(=O)(=O)N(C)C)C2=C2C=CC[C@@H](NC(=O)N(C)CC3CCOCC3)C21. The number of urea groups is 1. The molecule has 2 fully saturated rings. The molecular weight excluding hydrogens is 630 g/mol. The highest BCUT2D eigenvalue weighted by Gasteiger charge is 2.46. The first-order valence-corrected chi connectivity index (χ1v) is 18.7. The van der Waals surface area contributed by atoms with Gasteiger partial charge in [0.1, 0.15) is 5.75 Å². The van der Waals surface area contributed by atoms with Crippen LogP contribution in [0, 0.1) is 5.92 Å². The number of aromatic nitrogens is 1. The molecule has 1 unspecified atom stereocenters. The number of nitrogens with one attached hydrogen (secondary N) is 2. The number of benzene rings is 1. The number of fused-ring (bicyclic) bond motifs is 6. The number of carbonyl (C=O) groups excluding carboxylic acids is 2. The first kappa shape index (κ1) is 32.9. The monoisotopic (exact) mass is 677 g/mol. The van der Waals surface area contributed by atoms with Crippen molar-refractivity contribution < 1.29 is 27.5 Å². The Labute approximate surface area is 283 Å². The molecule has 12 heteroatoms. The summed E-state index contributed by atoms with van der Waals surface area (Å²) < 4.78 is 42.4. The second-order valence-electron chi connectivity index (χ2n) is 14.1. The summed E-state index contributed by atoms with van der Waals surface area (Å²) in [7, 11) is 2.35. The second kappa shape index (κ2) is 13.0. The number of ether oxygens (including phenoxy) is 2. The van der Waals surface area contributed by atoms with Crippen LogP contribution in [0.25, 0.3) is 10.9 Å². The maximum atomic E-state index is 13.7. The zero-order valence-electron chi connectivity index (χ0n) is 28.4. The molecule has 7 rings (SSSR count). The Morgan fingerprint density at radius 3 is 2.52 bits per heavy atom. The molecule has 0 bridgehead atoms. The largest absolute Gasteiger partial charge is 0.496 e. The van der Waals surface area contributed by atoms with E-state index in [0.717, 1.165) is 82.3 Å². The smallest absolute Gasteiger partial charge is 0.317 e. The van der Waals surface area contributed by atoms with E-state index in [1.54, 1.807) is 12.0 Å². The standard InChI is InChI=1S/C36H47N5O6S/c1-39(2)48(44,45)38-35(42)33-27-21-41-29(19-26-30(46-4)14-13-24(34(26)41)23-9-6-5-7-10-23)32-25(31(27)33)11-8-12-28(32)37-36(43)40(3)20-22-15-17-47-18-16-22/h8,11,13-14,19,22-23,28,32H,5-7,9-10,12,15-18,20-21H2,1-4H3,(H,37,43)(H,38,42)/t28-,32?/m1/s1. The molecule has 2 aromatic rings. The van der Waals surface area contributed by atoms with E-state index in [0.29, 0.717) is 36.9 Å². The molecule has 1 aromatic heterocycles. The van der Waals surface area contributed by atoms with Crippen LogP contribution in [0.2, 0.25) is 0 Å². The van der Waals surface area contributed by atoms with Crippen LogP contribution in [0.4, 0.5) is 4.79 Å². The van der Waals surface area contributed by atoms with E-state index < -0.39 is 16.1 Å². The van der Waals surface area contributed by atoms with Gasteiger partial charge in [0.25, 0.3) is 5.91 Å². The lowest BCUT2D eigenvalue weighted by Crippen LogP contribution is -2.48. The van der Waals surface area contributed by atoms with Crippen LogP contribution in [0.5, 0.6) is 5.75 Å².